The number of hydrogen-bond acceptors (Lipinski definition) is 12. The van der Waals surface area contributed by atoms with Gasteiger partial charge in [-0.05, 0) is 147 Å². The first-order valence-corrected chi connectivity index (χ1v) is 21.6. The van der Waals surface area contributed by atoms with Crippen LogP contribution in [0.25, 0.3) is 0 Å². The van der Waals surface area contributed by atoms with Gasteiger partial charge in [-0.2, -0.15) is 0 Å². The molecule has 3 aromatic rings. The average Bonchev–Trinajstić information content (AvgIpc) is 3.01. The first-order chi connectivity index (χ1) is 26.0. The van der Waals surface area contributed by atoms with Crippen molar-refractivity contribution >= 4 is 131 Å². The molecule has 0 bridgehead atoms. The molecule has 0 N–H and O–H groups in total. The summed E-state index contributed by atoms with van der Waals surface area (Å²) in [5.41, 5.74) is -3.08. The summed E-state index contributed by atoms with van der Waals surface area (Å²) in [5.74, 6) is -7.98. The first-order valence-electron chi connectivity index (χ1n) is 16.8. The van der Waals surface area contributed by atoms with E-state index < -0.39 is 71.4 Å². The molecule has 0 unspecified atom stereocenters. The zero-order valence-electron chi connectivity index (χ0n) is 32.1. The van der Waals surface area contributed by atoms with E-state index in [4.69, 9.17) is 28.4 Å². The van der Waals surface area contributed by atoms with E-state index in [9.17, 15) is 28.8 Å². The zero-order valence-corrected chi connectivity index (χ0v) is 41.6. The number of rotatable bonds is 11. The number of benzene rings is 3. The van der Waals surface area contributed by atoms with Gasteiger partial charge in [0.15, 0.2) is 17.2 Å². The number of esters is 6. The minimum Gasteiger partial charge on any atom is -0.456 e. The molecule has 0 heterocycles. The molecule has 3 aromatic carbocycles. The highest BCUT2D eigenvalue weighted by molar-refractivity contribution is 9.11. The molecule has 0 fully saturated rings. The smallest absolute Gasteiger partial charge is 0.342 e. The molecule has 0 aliphatic rings. The molecule has 18 heteroatoms. The fourth-order valence-corrected chi connectivity index (χ4v) is 8.50. The lowest BCUT2D eigenvalue weighted by Crippen LogP contribution is -2.30. The molecule has 0 amide bonds. The Bertz CT molecular complexity index is 2000. The van der Waals surface area contributed by atoms with Gasteiger partial charge in [0, 0.05) is 13.4 Å². The van der Waals surface area contributed by atoms with Crippen molar-refractivity contribution in [2.24, 2.45) is 5.92 Å². The first kappa shape index (κ1) is 48.7. The van der Waals surface area contributed by atoms with Gasteiger partial charge in [-0.3, -0.25) is 14.4 Å². The molecule has 0 aliphatic heterocycles. The molecular weight excluding hydrogens is 1140 g/mol. The van der Waals surface area contributed by atoms with Crippen molar-refractivity contribution in [1.82, 2.24) is 0 Å². The molecule has 0 spiro atoms. The summed E-state index contributed by atoms with van der Waals surface area (Å²) in [6.07, 6.45) is -1.58. The topological polar surface area (TPSA) is 158 Å². The molecule has 0 aliphatic carbocycles. The Morgan fingerprint density at radius 3 is 0.982 bits per heavy atom. The van der Waals surface area contributed by atoms with Gasteiger partial charge in [0.1, 0.15) is 33.5 Å². The number of halogens is 6. The second kappa shape index (κ2) is 19.6. The third-order valence-electron chi connectivity index (χ3n) is 6.68. The van der Waals surface area contributed by atoms with Gasteiger partial charge in [-0.15, -0.1) is 0 Å². The van der Waals surface area contributed by atoms with E-state index in [0.29, 0.717) is 13.4 Å². The Hall–Kier alpha value is -2.64. The van der Waals surface area contributed by atoms with Crippen molar-refractivity contribution in [2.45, 2.75) is 92.0 Å². The second-order valence-corrected chi connectivity index (χ2v) is 20.6. The molecule has 0 aromatic heterocycles. The fraction of sp³-hybridized carbons (Fsp3) is 0.385. The lowest BCUT2D eigenvalue weighted by molar-refractivity contribution is -0.149. The van der Waals surface area contributed by atoms with Crippen LogP contribution in [-0.4, -0.2) is 52.6 Å². The molecular formula is C39H38Br6O12. The molecule has 12 nitrogen and oxygen atoms in total. The van der Waals surface area contributed by atoms with E-state index in [0.717, 1.165) is 0 Å². The molecule has 57 heavy (non-hydrogen) atoms. The monoisotopic (exact) mass is 1170 g/mol. The van der Waals surface area contributed by atoms with Crippen molar-refractivity contribution in [3.63, 3.8) is 0 Å². The largest absolute Gasteiger partial charge is 0.456 e. The molecule has 308 valence electrons. The Labute approximate surface area is 380 Å². The lowest BCUT2D eigenvalue weighted by atomic mass is 10.0. The maximum Gasteiger partial charge on any atom is 0.342 e. The Balaban J connectivity index is 2.07. The standard InChI is InChI=1S/C39H38Br6O12/c1-37(2,3)55-34(49)22-12-19(40)15-25(43)30(22)52-28(46)10-18(33(48)54-32-24(14-21(42)17-27(32)45)36(51)57-39(7,8)9)11-29(47)53-31-23(13-20(41)16-26(31)44)35(50)56-38(4,5)6/h12-18H,10-11H2,1-9H3. The van der Waals surface area contributed by atoms with Crippen molar-refractivity contribution in [1.29, 1.82) is 0 Å². The summed E-state index contributed by atoms with van der Waals surface area (Å²) >= 11 is 19.9. The highest BCUT2D eigenvalue weighted by atomic mass is 79.9. The lowest BCUT2D eigenvalue weighted by Gasteiger charge is -2.22. The summed E-state index contributed by atoms with van der Waals surface area (Å²) in [5, 5.41) is 0. The van der Waals surface area contributed by atoms with Crippen LogP contribution in [0.2, 0.25) is 0 Å². The minimum atomic E-state index is -1.62. The molecule has 0 saturated carbocycles. The number of carbonyl (C=O) groups excluding carboxylic acids is 6. The number of hydrogen-bond donors (Lipinski definition) is 0. The van der Waals surface area contributed by atoms with Gasteiger partial charge in [-0.25, -0.2) is 14.4 Å². The summed E-state index contributed by atoms with van der Waals surface area (Å²) < 4.78 is 35.5. The average molecular weight is 1180 g/mol. The van der Waals surface area contributed by atoms with Crippen LogP contribution < -0.4 is 14.2 Å². The Kier molecular flexibility index (Phi) is 16.8. The van der Waals surface area contributed by atoms with Crippen LogP contribution in [0.1, 0.15) is 106 Å². The van der Waals surface area contributed by atoms with Crippen LogP contribution >= 0.6 is 95.6 Å². The van der Waals surface area contributed by atoms with E-state index >= 15 is 0 Å². The SMILES string of the molecule is CC(C)(C)OC(=O)c1cc(Br)cc(Br)c1OC(=O)CC(CC(=O)Oc1c(Br)cc(Br)cc1C(=O)OC(C)(C)C)C(=O)Oc1c(Br)cc(Br)cc1C(=O)OC(C)(C)C. The van der Waals surface area contributed by atoms with Crippen LogP contribution in [0.15, 0.2) is 63.2 Å². The van der Waals surface area contributed by atoms with E-state index in [1.165, 1.54) is 36.4 Å². The third kappa shape index (κ3) is 15.2. The van der Waals surface area contributed by atoms with Gasteiger partial charge in [0.2, 0.25) is 0 Å². The van der Waals surface area contributed by atoms with Crippen molar-refractivity contribution in [3.05, 3.63) is 79.9 Å². The van der Waals surface area contributed by atoms with Crippen LogP contribution in [0.4, 0.5) is 0 Å². The number of ether oxygens (including phenoxy) is 6. The van der Waals surface area contributed by atoms with Gasteiger partial charge in [0.05, 0.1) is 32.2 Å². The zero-order chi connectivity index (χ0) is 43.4. The van der Waals surface area contributed by atoms with Crippen molar-refractivity contribution in [2.75, 3.05) is 0 Å². The summed E-state index contributed by atoms with van der Waals surface area (Å²) in [6.45, 7) is 15.0. The highest BCUT2D eigenvalue weighted by Crippen LogP contribution is 2.38. The molecule has 3 rings (SSSR count). The summed E-state index contributed by atoms with van der Waals surface area (Å²) in [7, 11) is 0. The third-order valence-corrected chi connectivity index (χ3v) is 9.82. The summed E-state index contributed by atoms with van der Waals surface area (Å²) in [6, 6.07) is 8.74. The quantitative estimate of drug-likeness (QED) is 0.102. The van der Waals surface area contributed by atoms with Crippen LogP contribution in [0, 0.1) is 5.92 Å². The molecule has 0 saturated heterocycles. The Morgan fingerprint density at radius 1 is 0.456 bits per heavy atom. The predicted molar refractivity (Wildman–Crippen MR) is 231 cm³/mol. The van der Waals surface area contributed by atoms with Gasteiger partial charge in [0.25, 0.3) is 0 Å². The van der Waals surface area contributed by atoms with Gasteiger partial charge >= 0.3 is 35.8 Å². The van der Waals surface area contributed by atoms with E-state index in [1.807, 2.05) is 0 Å². The van der Waals surface area contributed by atoms with E-state index in [-0.39, 0.29) is 47.4 Å². The highest BCUT2D eigenvalue weighted by Gasteiger charge is 2.34. The van der Waals surface area contributed by atoms with Crippen LogP contribution in [0.3, 0.4) is 0 Å². The van der Waals surface area contributed by atoms with Gasteiger partial charge < -0.3 is 28.4 Å². The number of carbonyl (C=O) groups is 6. The normalized spacial score (nSPS) is 11.8. The second-order valence-electron chi connectivity index (χ2n) is 15.3. The van der Waals surface area contributed by atoms with Crippen LogP contribution in [-0.2, 0) is 28.6 Å². The van der Waals surface area contributed by atoms with Crippen molar-refractivity contribution < 1.29 is 57.2 Å². The maximum atomic E-state index is 14.1. The Morgan fingerprint density at radius 2 is 0.719 bits per heavy atom. The predicted octanol–water partition coefficient (Wildman–Crippen LogP) is 11.6. The van der Waals surface area contributed by atoms with E-state index in [1.54, 1.807) is 62.3 Å². The fourth-order valence-electron chi connectivity index (χ4n) is 4.58. The molecule has 0 atom stereocenters. The van der Waals surface area contributed by atoms with Crippen LogP contribution in [0.5, 0.6) is 17.2 Å². The molecule has 0 radical (unpaired) electrons. The minimum absolute atomic E-state index is 0.117. The van der Waals surface area contributed by atoms with E-state index in [2.05, 4.69) is 95.6 Å². The maximum absolute atomic E-state index is 14.1. The summed E-state index contributed by atoms with van der Waals surface area (Å²) in [4.78, 5) is 81.1. The van der Waals surface area contributed by atoms with Crippen molar-refractivity contribution in [3.8, 4) is 17.2 Å². The van der Waals surface area contributed by atoms with Gasteiger partial charge in [-0.1, -0.05) is 47.8 Å².